The number of morpholine rings is 2. The summed E-state index contributed by atoms with van der Waals surface area (Å²) in [7, 11) is 0. The van der Waals surface area contributed by atoms with E-state index >= 15 is 0 Å². The number of carbonyl (C=O) groups is 4. The second-order valence-corrected chi connectivity index (χ2v) is 21.8. The van der Waals surface area contributed by atoms with Crippen molar-refractivity contribution in [3.05, 3.63) is 96.4 Å². The average Bonchev–Trinajstić information content (AvgIpc) is 3.49. The first-order chi connectivity index (χ1) is 37.2. The number of fused-ring (bicyclic) bond motifs is 2. The number of rotatable bonds is 12. The minimum absolute atomic E-state index is 0.149. The van der Waals surface area contributed by atoms with Gasteiger partial charge in [0.1, 0.15) is 22.8 Å². The maximum absolute atomic E-state index is 13.2. The Morgan fingerprint density at radius 2 is 0.974 bits per heavy atom. The summed E-state index contributed by atoms with van der Waals surface area (Å²) in [5.41, 5.74) is 5.49. The number of nitrogens with zero attached hydrogens (tertiary/aromatic N) is 8. The summed E-state index contributed by atoms with van der Waals surface area (Å²) >= 11 is 0. The number of anilines is 4. The SMILES string of the molecule is C=CC[C@@H]1c2nc(-c3ccc(NC(=O)NCC)cc3)nc(N3CCOC[C@@H]3C)c2CCN1C(=O)OC(C)(C)C.C=CC[C@H]1c2nc(-c3ccc(NC(=O)NCC)cc3)nc(N3CCOC[C@@H]3C)c2CCN1C(=O)OC(C)(C)C. The van der Waals surface area contributed by atoms with E-state index in [4.69, 9.17) is 38.9 Å². The van der Waals surface area contributed by atoms with Gasteiger partial charge in [0.25, 0.3) is 0 Å². The molecule has 6 amide bonds. The van der Waals surface area contributed by atoms with Gasteiger partial charge >= 0.3 is 24.2 Å². The fraction of sp³-hybridized carbons (Fsp3) is 0.517. The van der Waals surface area contributed by atoms with Gasteiger partial charge in [-0.15, -0.1) is 13.2 Å². The van der Waals surface area contributed by atoms with Crippen LogP contribution in [0.15, 0.2) is 73.8 Å². The molecule has 8 rings (SSSR count). The van der Waals surface area contributed by atoms with Crippen molar-refractivity contribution in [2.24, 2.45) is 0 Å². The molecule has 0 spiro atoms. The van der Waals surface area contributed by atoms with Gasteiger partial charge in [-0.05, 0) is 143 Å². The summed E-state index contributed by atoms with van der Waals surface area (Å²) in [6.07, 6.45) is 5.24. The van der Waals surface area contributed by atoms with Crippen LogP contribution in [-0.2, 0) is 31.8 Å². The van der Waals surface area contributed by atoms with Crippen LogP contribution in [0.5, 0.6) is 0 Å². The van der Waals surface area contributed by atoms with Crippen molar-refractivity contribution < 1.29 is 38.1 Å². The van der Waals surface area contributed by atoms with E-state index in [1.165, 1.54) is 0 Å². The standard InChI is InChI=1S/2C29H40N6O4/c2*1-7-9-23-24-22(14-15-35(23)28(37)39-29(4,5)6)26(34-16-17-38-18-19(34)3)33-25(32-24)20-10-12-21(13-11-20)31-27(36)30-8-2/h2*7,10-13,19,23H,1,8-9,14-18H2,2-6H3,(H2,30,31,36)/t19-,23+;19-,23-/m00/s1. The monoisotopic (exact) mass is 1070 g/mol. The van der Waals surface area contributed by atoms with Gasteiger partial charge < -0.3 is 50.0 Å². The van der Waals surface area contributed by atoms with Gasteiger partial charge in [-0.25, -0.2) is 39.1 Å². The van der Waals surface area contributed by atoms with Crippen LogP contribution in [-0.4, -0.2) is 143 Å². The third-order valence-corrected chi connectivity index (χ3v) is 13.4. The summed E-state index contributed by atoms with van der Waals surface area (Å²) in [5.74, 6) is 2.89. The Morgan fingerprint density at radius 1 is 0.603 bits per heavy atom. The number of nitrogens with one attached hydrogen (secondary N) is 4. The first-order valence-corrected chi connectivity index (χ1v) is 27.2. The van der Waals surface area contributed by atoms with Crippen molar-refractivity contribution >= 4 is 47.3 Å². The molecule has 20 nitrogen and oxygen atoms in total. The van der Waals surface area contributed by atoms with Crippen LogP contribution in [0.2, 0.25) is 0 Å². The largest absolute Gasteiger partial charge is 0.444 e. The lowest BCUT2D eigenvalue weighted by molar-refractivity contribution is 0.0128. The normalized spacial score (nSPS) is 19.2. The molecule has 0 aliphatic carbocycles. The highest BCUT2D eigenvalue weighted by Crippen LogP contribution is 2.41. The predicted molar refractivity (Wildman–Crippen MR) is 304 cm³/mol. The molecule has 0 saturated carbocycles. The van der Waals surface area contributed by atoms with Crippen molar-refractivity contribution in [2.75, 3.05) is 86.1 Å². The molecule has 78 heavy (non-hydrogen) atoms. The maximum atomic E-state index is 13.2. The molecule has 420 valence electrons. The van der Waals surface area contributed by atoms with E-state index in [1.54, 1.807) is 9.80 Å². The topological polar surface area (TPSA) is 218 Å². The molecule has 2 saturated heterocycles. The molecular weight excluding hydrogens is 993 g/mol. The Hall–Kier alpha value is -7.32. The van der Waals surface area contributed by atoms with Gasteiger partial charge in [-0.2, -0.15) is 0 Å². The lowest BCUT2D eigenvalue weighted by Gasteiger charge is -2.40. The molecule has 2 aromatic heterocycles. The smallest absolute Gasteiger partial charge is 0.410 e. The van der Waals surface area contributed by atoms with Crippen LogP contribution in [0.3, 0.4) is 0 Å². The number of hydrogen-bond donors (Lipinski definition) is 4. The van der Waals surface area contributed by atoms with E-state index in [-0.39, 0.29) is 48.4 Å². The molecular formula is C58H80N12O8. The van der Waals surface area contributed by atoms with Crippen LogP contribution >= 0.6 is 0 Å². The number of ether oxygens (including phenoxy) is 4. The van der Waals surface area contributed by atoms with Gasteiger partial charge in [0, 0.05) is 72.9 Å². The fourth-order valence-corrected chi connectivity index (χ4v) is 9.85. The highest BCUT2D eigenvalue weighted by atomic mass is 16.6. The van der Waals surface area contributed by atoms with Crippen molar-refractivity contribution in [3.63, 3.8) is 0 Å². The molecule has 4 N–H and O–H groups in total. The van der Waals surface area contributed by atoms with Crippen LogP contribution < -0.4 is 31.1 Å². The zero-order chi connectivity index (χ0) is 56.3. The summed E-state index contributed by atoms with van der Waals surface area (Å²) in [6, 6.07) is 14.1. The zero-order valence-corrected chi connectivity index (χ0v) is 47.2. The van der Waals surface area contributed by atoms with E-state index in [2.05, 4.69) is 58.1 Å². The Kier molecular flexibility index (Phi) is 19.4. The van der Waals surface area contributed by atoms with E-state index < -0.39 is 11.2 Å². The molecule has 4 aromatic rings. The number of benzene rings is 2. The second kappa shape index (κ2) is 25.9. The van der Waals surface area contributed by atoms with E-state index in [0.29, 0.717) is 101 Å². The number of amides is 6. The van der Waals surface area contributed by atoms with Crippen LogP contribution in [0, 0.1) is 0 Å². The second-order valence-electron chi connectivity index (χ2n) is 21.8. The summed E-state index contributed by atoms with van der Waals surface area (Å²) in [4.78, 5) is 78.7. The Morgan fingerprint density at radius 3 is 1.29 bits per heavy atom. The van der Waals surface area contributed by atoms with Crippen LogP contribution in [0.25, 0.3) is 22.8 Å². The van der Waals surface area contributed by atoms with Gasteiger partial charge in [0.05, 0.1) is 62.0 Å². The number of aromatic nitrogens is 4. The summed E-state index contributed by atoms with van der Waals surface area (Å²) < 4.78 is 22.9. The molecule has 2 fully saturated rings. The predicted octanol–water partition coefficient (Wildman–Crippen LogP) is 9.84. The Balaban J connectivity index is 0.000000226. The maximum Gasteiger partial charge on any atom is 0.410 e. The number of urea groups is 2. The van der Waals surface area contributed by atoms with E-state index in [1.807, 2.05) is 116 Å². The minimum Gasteiger partial charge on any atom is -0.444 e. The summed E-state index contributed by atoms with van der Waals surface area (Å²) in [5, 5.41) is 11.1. The van der Waals surface area contributed by atoms with Crippen molar-refractivity contribution in [1.29, 1.82) is 0 Å². The Bertz CT molecular complexity index is 2570. The van der Waals surface area contributed by atoms with Crippen molar-refractivity contribution in [2.45, 2.75) is 130 Å². The lowest BCUT2D eigenvalue weighted by Crippen LogP contribution is -2.47. The minimum atomic E-state index is -0.606. The lowest BCUT2D eigenvalue weighted by atomic mass is 9.94. The fourth-order valence-electron chi connectivity index (χ4n) is 9.85. The third kappa shape index (κ3) is 14.6. The number of hydrogen-bond acceptors (Lipinski definition) is 14. The highest BCUT2D eigenvalue weighted by molar-refractivity contribution is 5.90. The average molecular weight is 1070 g/mol. The van der Waals surface area contributed by atoms with Crippen molar-refractivity contribution in [3.8, 4) is 22.8 Å². The van der Waals surface area contributed by atoms with Crippen molar-refractivity contribution in [1.82, 2.24) is 40.4 Å². The molecule has 0 unspecified atom stereocenters. The Labute approximate surface area is 459 Å². The molecule has 4 aliphatic rings. The van der Waals surface area contributed by atoms with Gasteiger partial charge in [0.15, 0.2) is 11.6 Å². The molecule has 0 radical (unpaired) electrons. The first-order valence-electron chi connectivity index (χ1n) is 27.2. The molecule has 4 aliphatic heterocycles. The first kappa shape index (κ1) is 58.4. The molecule has 0 bridgehead atoms. The van der Waals surface area contributed by atoms with Crippen LogP contribution in [0.1, 0.15) is 117 Å². The zero-order valence-electron chi connectivity index (χ0n) is 47.2. The number of carbonyl (C=O) groups excluding carboxylic acids is 4. The summed E-state index contributed by atoms with van der Waals surface area (Å²) in [6.45, 7) is 33.2. The molecule has 6 heterocycles. The quantitative estimate of drug-likeness (QED) is 0.0972. The van der Waals surface area contributed by atoms with Gasteiger partial charge in [-0.1, -0.05) is 12.2 Å². The van der Waals surface area contributed by atoms with Gasteiger partial charge in [-0.3, -0.25) is 9.80 Å². The third-order valence-electron chi connectivity index (χ3n) is 13.4. The van der Waals surface area contributed by atoms with E-state index in [9.17, 15) is 19.2 Å². The molecule has 4 atom stereocenters. The van der Waals surface area contributed by atoms with Gasteiger partial charge in [0.2, 0.25) is 0 Å². The van der Waals surface area contributed by atoms with Crippen LogP contribution in [0.4, 0.5) is 42.2 Å². The van der Waals surface area contributed by atoms with E-state index in [0.717, 1.165) is 58.4 Å². The molecule has 20 heteroatoms. The highest BCUT2D eigenvalue weighted by Gasteiger charge is 2.40. The molecule has 2 aromatic carbocycles.